The van der Waals surface area contributed by atoms with Crippen molar-refractivity contribution in [2.75, 3.05) is 19.6 Å². The van der Waals surface area contributed by atoms with Crippen LogP contribution in [0.3, 0.4) is 0 Å². The molecule has 96 valence electrons. The van der Waals surface area contributed by atoms with Crippen LogP contribution >= 0.6 is 0 Å². The first-order chi connectivity index (χ1) is 8.25. The van der Waals surface area contributed by atoms with E-state index in [1.54, 1.807) is 6.33 Å². The molecule has 0 bridgehead atoms. The molecule has 1 fully saturated rings. The summed E-state index contributed by atoms with van der Waals surface area (Å²) in [6.07, 6.45) is 5.72. The summed E-state index contributed by atoms with van der Waals surface area (Å²) in [5.41, 5.74) is 0. The van der Waals surface area contributed by atoms with Crippen LogP contribution in [-0.4, -0.2) is 45.3 Å². The third-order valence-electron chi connectivity index (χ3n) is 3.39. The number of hydrogen-bond donors (Lipinski definition) is 1. The quantitative estimate of drug-likeness (QED) is 0.822. The first-order valence-electron chi connectivity index (χ1n) is 6.54. The molecule has 1 atom stereocenters. The van der Waals surface area contributed by atoms with Gasteiger partial charge in [0.2, 0.25) is 0 Å². The van der Waals surface area contributed by atoms with Crippen LogP contribution < -0.4 is 5.32 Å². The average molecular weight is 237 g/mol. The summed E-state index contributed by atoms with van der Waals surface area (Å²) in [6.45, 7) is 6.69. The van der Waals surface area contributed by atoms with Gasteiger partial charge in [0.1, 0.15) is 12.2 Å². The summed E-state index contributed by atoms with van der Waals surface area (Å²) >= 11 is 0. The lowest BCUT2D eigenvalue weighted by Gasteiger charge is -2.29. The number of piperidine rings is 1. The van der Waals surface area contributed by atoms with E-state index in [4.69, 9.17) is 0 Å². The predicted octanol–water partition coefficient (Wildman–Crippen LogP) is 0.779. The smallest absolute Gasteiger partial charge is 0.140 e. The van der Waals surface area contributed by atoms with Crippen LogP contribution in [0.25, 0.3) is 0 Å². The Kier molecular flexibility index (Phi) is 4.50. The highest BCUT2D eigenvalue weighted by Crippen LogP contribution is 2.08. The molecule has 5 heteroatoms. The van der Waals surface area contributed by atoms with Crippen molar-refractivity contribution in [3.05, 3.63) is 12.2 Å². The minimum absolute atomic E-state index is 0.504. The molecular weight excluding hydrogens is 214 g/mol. The molecule has 0 aromatic carbocycles. The second-order valence-electron chi connectivity index (χ2n) is 4.94. The molecule has 1 aliphatic rings. The molecule has 2 heterocycles. The Morgan fingerprint density at radius 2 is 2.12 bits per heavy atom. The summed E-state index contributed by atoms with van der Waals surface area (Å²) in [6, 6.07) is 0.504. The monoisotopic (exact) mass is 237 g/mol. The van der Waals surface area contributed by atoms with Gasteiger partial charge in [-0.15, -0.1) is 0 Å². The fourth-order valence-electron chi connectivity index (χ4n) is 2.34. The van der Waals surface area contributed by atoms with Gasteiger partial charge in [-0.2, -0.15) is 5.10 Å². The summed E-state index contributed by atoms with van der Waals surface area (Å²) < 4.78 is 1.82. The van der Waals surface area contributed by atoms with E-state index in [2.05, 4.69) is 27.2 Å². The van der Waals surface area contributed by atoms with E-state index in [1.165, 1.54) is 32.4 Å². The van der Waals surface area contributed by atoms with E-state index in [0.717, 1.165) is 18.9 Å². The SMILES string of the molecule is CC(CN1CCCCC1)NCc1ncnn1C. The van der Waals surface area contributed by atoms with E-state index >= 15 is 0 Å². The maximum absolute atomic E-state index is 4.21. The second kappa shape index (κ2) is 6.12. The van der Waals surface area contributed by atoms with Crippen molar-refractivity contribution < 1.29 is 0 Å². The first kappa shape index (κ1) is 12.5. The van der Waals surface area contributed by atoms with E-state index < -0.39 is 0 Å². The molecule has 1 aromatic heterocycles. The van der Waals surface area contributed by atoms with Crippen molar-refractivity contribution in [1.29, 1.82) is 0 Å². The molecule has 0 amide bonds. The molecule has 1 aromatic rings. The number of nitrogens with one attached hydrogen (secondary N) is 1. The zero-order valence-corrected chi connectivity index (χ0v) is 10.9. The number of likely N-dealkylation sites (tertiary alicyclic amines) is 1. The fourth-order valence-corrected chi connectivity index (χ4v) is 2.34. The van der Waals surface area contributed by atoms with E-state index in [1.807, 2.05) is 11.7 Å². The molecule has 1 unspecified atom stereocenters. The normalized spacial score (nSPS) is 19.4. The van der Waals surface area contributed by atoms with Crippen molar-refractivity contribution >= 4 is 0 Å². The molecular formula is C12H23N5. The molecule has 5 nitrogen and oxygen atoms in total. The van der Waals surface area contributed by atoms with Gasteiger partial charge in [-0.1, -0.05) is 6.42 Å². The van der Waals surface area contributed by atoms with Crippen LogP contribution in [0, 0.1) is 0 Å². The summed E-state index contributed by atoms with van der Waals surface area (Å²) in [5.74, 6) is 0.996. The van der Waals surface area contributed by atoms with Crippen LogP contribution in [-0.2, 0) is 13.6 Å². The van der Waals surface area contributed by atoms with Gasteiger partial charge >= 0.3 is 0 Å². The van der Waals surface area contributed by atoms with Crippen LogP contribution in [0.15, 0.2) is 6.33 Å². The van der Waals surface area contributed by atoms with Crippen molar-refractivity contribution in [2.45, 2.75) is 38.8 Å². The molecule has 0 aliphatic carbocycles. The highest BCUT2D eigenvalue weighted by molar-refractivity contribution is 4.83. The van der Waals surface area contributed by atoms with Gasteiger partial charge in [0, 0.05) is 19.6 Å². The predicted molar refractivity (Wildman–Crippen MR) is 67.6 cm³/mol. The third kappa shape index (κ3) is 3.78. The third-order valence-corrected chi connectivity index (χ3v) is 3.39. The lowest BCUT2D eigenvalue weighted by molar-refractivity contribution is 0.208. The number of hydrogen-bond acceptors (Lipinski definition) is 4. The summed E-state index contributed by atoms with van der Waals surface area (Å²) in [7, 11) is 1.93. The highest BCUT2D eigenvalue weighted by atomic mass is 15.3. The van der Waals surface area contributed by atoms with Gasteiger partial charge in [0.15, 0.2) is 0 Å². The molecule has 0 saturated carbocycles. The maximum atomic E-state index is 4.21. The molecule has 0 radical (unpaired) electrons. The van der Waals surface area contributed by atoms with Crippen molar-refractivity contribution in [3.8, 4) is 0 Å². The topological polar surface area (TPSA) is 46.0 Å². The molecule has 1 N–H and O–H groups in total. The zero-order valence-electron chi connectivity index (χ0n) is 10.9. The van der Waals surface area contributed by atoms with Crippen molar-refractivity contribution in [2.24, 2.45) is 7.05 Å². The zero-order chi connectivity index (χ0) is 12.1. The Bertz CT molecular complexity index is 329. The molecule has 0 spiro atoms. The van der Waals surface area contributed by atoms with Crippen LogP contribution in [0.5, 0.6) is 0 Å². The number of aryl methyl sites for hydroxylation is 1. The Labute approximate surface area is 103 Å². The minimum Gasteiger partial charge on any atom is -0.306 e. The highest BCUT2D eigenvalue weighted by Gasteiger charge is 2.13. The van der Waals surface area contributed by atoms with Crippen LogP contribution in [0.2, 0.25) is 0 Å². The minimum atomic E-state index is 0.504. The van der Waals surface area contributed by atoms with Crippen molar-refractivity contribution in [1.82, 2.24) is 25.0 Å². The summed E-state index contributed by atoms with van der Waals surface area (Å²) in [5, 5.41) is 7.57. The van der Waals surface area contributed by atoms with Crippen LogP contribution in [0.4, 0.5) is 0 Å². The van der Waals surface area contributed by atoms with Gasteiger partial charge in [-0.05, 0) is 32.9 Å². The van der Waals surface area contributed by atoms with Gasteiger partial charge in [0.05, 0.1) is 6.54 Å². The van der Waals surface area contributed by atoms with Gasteiger partial charge in [-0.25, -0.2) is 4.98 Å². The lowest BCUT2D eigenvalue weighted by atomic mass is 10.1. The second-order valence-corrected chi connectivity index (χ2v) is 4.94. The number of aromatic nitrogens is 3. The molecule has 2 rings (SSSR count). The van der Waals surface area contributed by atoms with Gasteiger partial charge < -0.3 is 10.2 Å². The number of rotatable bonds is 5. The Hall–Kier alpha value is -0.940. The standard InChI is InChI=1S/C12H23N5/c1-11(9-17-6-4-3-5-7-17)13-8-12-14-10-15-16(12)2/h10-11,13H,3-9H2,1-2H3. The first-order valence-corrected chi connectivity index (χ1v) is 6.54. The average Bonchev–Trinajstić information content (AvgIpc) is 2.74. The van der Waals surface area contributed by atoms with E-state index in [0.29, 0.717) is 6.04 Å². The van der Waals surface area contributed by atoms with Crippen molar-refractivity contribution in [3.63, 3.8) is 0 Å². The number of nitrogens with zero attached hydrogens (tertiary/aromatic N) is 4. The Balaban J connectivity index is 1.70. The lowest BCUT2D eigenvalue weighted by Crippen LogP contribution is -2.41. The molecule has 17 heavy (non-hydrogen) atoms. The fraction of sp³-hybridized carbons (Fsp3) is 0.833. The van der Waals surface area contributed by atoms with Gasteiger partial charge in [-0.3, -0.25) is 4.68 Å². The maximum Gasteiger partial charge on any atom is 0.140 e. The summed E-state index contributed by atoms with van der Waals surface area (Å²) in [4.78, 5) is 6.76. The Morgan fingerprint density at radius 3 is 2.76 bits per heavy atom. The molecule has 1 saturated heterocycles. The van der Waals surface area contributed by atoms with E-state index in [-0.39, 0.29) is 0 Å². The largest absolute Gasteiger partial charge is 0.306 e. The Morgan fingerprint density at radius 1 is 1.35 bits per heavy atom. The van der Waals surface area contributed by atoms with Gasteiger partial charge in [0.25, 0.3) is 0 Å². The van der Waals surface area contributed by atoms with E-state index in [9.17, 15) is 0 Å². The molecule has 1 aliphatic heterocycles. The van der Waals surface area contributed by atoms with Crippen LogP contribution in [0.1, 0.15) is 32.0 Å².